The number of hydrogen-bond acceptors (Lipinski definition) is 3. The summed E-state index contributed by atoms with van der Waals surface area (Å²) in [4.78, 5) is 2.40. The van der Waals surface area contributed by atoms with Gasteiger partial charge < -0.3 is 15.4 Å². The molecule has 0 bridgehead atoms. The van der Waals surface area contributed by atoms with Crippen molar-refractivity contribution in [3.8, 4) is 5.75 Å². The minimum atomic E-state index is 0.601. The molecule has 3 heteroatoms. The highest BCUT2D eigenvalue weighted by molar-refractivity contribution is 5.70. The van der Waals surface area contributed by atoms with Gasteiger partial charge in [-0.2, -0.15) is 0 Å². The van der Waals surface area contributed by atoms with E-state index >= 15 is 0 Å². The van der Waals surface area contributed by atoms with Crippen LogP contribution in [0.4, 0.5) is 11.4 Å². The first-order valence-electron chi connectivity index (χ1n) is 7.02. The predicted octanol–water partition coefficient (Wildman–Crippen LogP) is 3.45. The highest BCUT2D eigenvalue weighted by Gasteiger charge is 2.30. The molecule has 104 valence electrons. The van der Waals surface area contributed by atoms with Crippen molar-refractivity contribution < 1.29 is 4.74 Å². The van der Waals surface area contributed by atoms with E-state index in [1.807, 2.05) is 24.3 Å². The topological polar surface area (TPSA) is 38.5 Å². The van der Waals surface area contributed by atoms with Gasteiger partial charge in [-0.05, 0) is 30.5 Å². The van der Waals surface area contributed by atoms with Crippen molar-refractivity contribution in [2.75, 3.05) is 17.7 Å². The van der Waals surface area contributed by atoms with Crippen molar-refractivity contribution in [2.45, 2.75) is 25.4 Å². The Balaban J connectivity index is 1.91. The fraction of sp³-hybridized carbons (Fsp3) is 0.294. The molecule has 0 aliphatic heterocycles. The van der Waals surface area contributed by atoms with Gasteiger partial charge in [0.05, 0.1) is 18.5 Å². The lowest BCUT2D eigenvalue weighted by molar-refractivity contribution is 0.415. The molecule has 0 aromatic heterocycles. The largest absolute Gasteiger partial charge is 0.497 e. The third-order valence-electron chi connectivity index (χ3n) is 3.73. The number of hydrogen-bond donors (Lipinski definition) is 1. The van der Waals surface area contributed by atoms with Crippen LogP contribution in [0.5, 0.6) is 5.75 Å². The van der Waals surface area contributed by atoms with Crippen molar-refractivity contribution in [3.63, 3.8) is 0 Å². The van der Waals surface area contributed by atoms with Crippen LogP contribution < -0.4 is 15.4 Å². The van der Waals surface area contributed by atoms with Gasteiger partial charge in [0.1, 0.15) is 5.75 Å². The molecule has 0 atom stereocenters. The summed E-state index contributed by atoms with van der Waals surface area (Å²) in [6.45, 7) is 0.892. The Labute approximate surface area is 120 Å². The fourth-order valence-corrected chi connectivity index (χ4v) is 2.48. The second kappa shape index (κ2) is 5.45. The summed E-state index contributed by atoms with van der Waals surface area (Å²) in [5.41, 5.74) is 9.37. The fourth-order valence-electron chi connectivity index (χ4n) is 2.48. The third-order valence-corrected chi connectivity index (χ3v) is 3.73. The van der Waals surface area contributed by atoms with Crippen LogP contribution in [0.1, 0.15) is 18.4 Å². The number of rotatable bonds is 5. The highest BCUT2D eigenvalue weighted by atomic mass is 16.5. The molecule has 1 saturated carbocycles. The molecule has 3 rings (SSSR count). The van der Waals surface area contributed by atoms with Crippen LogP contribution >= 0.6 is 0 Å². The van der Waals surface area contributed by atoms with Gasteiger partial charge in [-0.1, -0.05) is 30.3 Å². The summed E-state index contributed by atoms with van der Waals surface area (Å²) in [6, 6.07) is 17.0. The predicted molar refractivity (Wildman–Crippen MR) is 83.1 cm³/mol. The van der Waals surface area contributed by atoms with Crippen LogP contribution in [0.3, 0.4) is 0 Å². The van der Waals surface area contributed by atoms with E-state index in [-0.39, 0.29) is 0 Å². The summed E-state index contributed by atoms with van der Waals surface area (Å²) >= 11 is 0. The second-order valence-electron chi connectivity index (χ2n) is 5.27. The molecular formula is C17H20N2O. The molecule has 0 saturated heterocycles. The Morgan fingerprint density at radius 1 is 1.15 bits per heavy atom. The standard InChI is InChI=1S/C17H20N2O/c1-20-15-9-10-16(18)17(11-15)19(14-7-8-14)12-13-5-3-2-4-6-13/h2-6,9-11,14H,7-8,12,18H2,1H3. The number of methoxy groups -OCH3 is 1. The smallest absolute Gasteiger partial charge is 0.121 e. The molecular weight excluding hydrogens is 248 g/mol. The Morgan fingerprint density at radius 2 is 1.90 bits per heavy atom. The van der Waals surface area contributed by atoms with E-state index in [2.05, 4.69) is 29.2 Å². The SMILES string of the molecule is COc1ccc(N)c(N(Cc2ccccc2)C2CC2)c1. The van der Waals surface area contributed by atoms with Crippen LogP contribution in [0.25, 0.3) is 0 Å². The van der Waals surface area contributed by atoms with Crippen LogP contribution in [0.15, 0.2) is 48.5 Å². The number of nitrogens with zero attached hydrogens (tertiary/aromatic N) is 1. The number of anilines is 2. The number of benzene rings is 2. The first-order chi connectivity index (χ1) is 9.78. The lowest BCUT2D eigenvalue weighted by atomic mass is 10.1. The Hall–Kier alpha value is -2.16. The zero-order chi connectivity index (χ0) is 13.9. The molecule has 1 aliphatic rings. The minimum absolute atomic E-state index is 0.601. The van der Waals surface area contributed by atoms with Crippen LogP contribution in [0.2, 0.25) is 0 Å². The van der Waals surface area contributed by atoms with Gasteiger partial charge in [0.25, 0.3) is 0 Å². The van der Waals surface area contributed by atoms with Gasteiger partial charge >= 0.3 is 0 Å². The van der Waals surface area contributed by atoms with Crippen LogP contribution in [-0.4, -0.2) is 13.2 Å². The first-order valence-corrected chi connectivity index (χ1v) is 7.02. The highest BCUT2D eigenvalue weighted by Crippen LogP contribution is 2.37. The van der Waals surface area contributed by atoms with Crippen molar-refractivity contribution in [1.29, 1.82) is 0 Å². The summed E-state index contributed by atoms with van der Waals surface area (Å²) in [7, 11) is 1.69. The van der Waals surface area contributed by atoms with E-state index < -0.39 is 0 Å². The first kappa shape index (κ1) is 12.9. The van der Waals surface area contributed by atoms with Gasteiger partial charge in [-0.3, -0.25) is 0 Å². The van der Waals surface area contributed by atoms with Gasteiger partial charge in [0.2, 0.25) is 0 Å². The second-order valence-corrected chi connectivity index (χ2v) is 5.27. The molecule has 0 unspecified atom stereocenters. The van der Waals surface area contributed by atoms with E-state index in [0.29, 0.717) is 6.04 Å². The summed E-state index contributed by atoms with van der Waals surface area (Å²) in [5, 5.41) is 0. The van der Waals surface area contributed by atoms with Crippen LogP contribution in [0, 0.1) is 0 Å². The molecule has 2 N–H and O–H groups in total. The van der Waals surface area contributed by atoms with Gasteiger partial charge in [-0.15, -0.1) is 0 Å². The molecule has 20 heavy (non-hydrogen) atoms. The molecule has 2 aromatic rings. The molecule has 0 spiro atoms. The maximum atomic E-state index is 6.17. The van der Waals surface area contributed by atoms with Gasteiger partial charge in [-0.25, -0.2) is 0 Å². The minimum Gasteiger partial charge on any atom is -0.497 e. The van der Waals surface area contributed by atoms with Gasteiger partial charge in [0.15, 0.2) is 0 Å². The van der Waals surface area contributed by atoms with Crippen molar-refractivity contribution in [3.05, 3.63) is 54.1 Å². The maximum Gasteiger partial charge on any atom is 0.121 e. The molecule has 2 aromatic carbocycles. The number of nitrogen functional groups attached to an aromatic ring is 1. The third kappa shape index (κ3) is 2.72. The molecule has 0 amide bonds. The lowest BCUT2D eigenvalue weighted by Crippen LogP contribution is -2.25. The average molecular weight is 268 g/mol. The summed E-state index contributed by atoms with van der Waals surface area (Å²) in [5.74, 6) is 0.855. The van der Waals surface area contributed by atoms with Crippen molar-refractivity contribution in [2.24, 2.45) is 0 Å². The lowest BCUT2D eigenvalue weighted by Gasteiger charge is -2.26. The Bertz CT molecular complexity index is 579. The number of nitrogens with two attached hydrogens (primary N) is 1. The normalized spacial score (nSPS) is 14.1. The number of ether oxygens (including phenoxy) is 1. The van der Waals surface area contributed by atoms with E-state index in [4.69, 9.17) is 10.5 Å². The molecule has 1 aliphatic carbocycles. The quantitative estimate of drug-likeness (QED) is 0.844. The average Bonchev–Trinajstić information content (AvgIpc) is 3.31. The van der Waals surface area contributed by atoms with Crippen LogP contribution in [-0.2, 0) is 6.54 Å². The zero-order valence-corrected chi connectivity index (χ0v) is 11.8. The zero-order valence-electron chi connectivity index (χ0n) is 11.8. The van der Waals surface area contributed by atoms with E-state index in [1.54, 1.807) is 7.11 Å². The Morgan fingerprint density at radius 3 is 2.55 bits per heavy atom. The summed E-state index contributed by atoms with van der Waals surface area (Å²) < 4.78 is 5.33. The molecule has 0 radical (unpaired) electrons. The molecule has 0 heterocycles. The van der Waals surface area contributed by atoms with Crippen molar-refractivity contribution >= 4 is 11.4 Å². The van der Waals surface area contributed by atoms with E-state index in [0.717, 1.165) is 23.7 Å². The summed E-state index contributed by atoms with van der Waals surface area (Å²) in [6.07, 6.45) is 2.48. The van der Waals surface area contributed by atoms with Crippen molar-refractivity contribution in [1.82, 2.24) is 0 Å². The maximum absolute atomic E-state index is 6.17. The Kier molecular flexibility index (Phi) is 3.50. The van der Waals surface area contributed by atoms with E-state index in [9.17, 15) is 0 Å². The monoisotopic (exact) mass is 268 g/mol. The van der Waals surface area contributed by atoms with Gasteiger partial charge in [0, 0.05) is 18.7 Å². The molecule has 1 fully saturated rings. The van der Waals surface area contributed by atoms with E-state index in [1.165, 1.54) is 18.4 Å². The molecule has 3 nitrogen and oxygen atoms in total.